The Kier molecular flexibility index (Phi) is 6.00. The van der Waals surface area contributed by atoms with E-state index in [1.54, 1.807) is 36.4 Å². The zero-order valence-corrected chi connectivity index (χ0v) is 18.6. The fourth-order valence-electron chi connectivity index (χ4n) is 3.34. The van der Waals surface area contributed by atoms with Crippen LogP contribution in [0.4, 0.5) is 0 Å². The van der Waals surface area contributed by atoms with Crippen molar-refractivity contribution >= 4 is 5.78 Å². The first-order valence-electron chi connectivity index (χ1n) is 11.5. The molecule has 0 saturated carbocycles. The quantitative estimate of drug-likeness (QED) is 0.303. The Morgan fingerprint density at radius 3 is 1.32 bits per heavy atom. The number of ketones is 1. The average Bonchev–Trinajstić information content (AvgIpc) is 3.70. The number of epoxide rings is 4. The van der Waals surface area contributed by atoms with Crippen LogP contribution in [0.15, 0.2) is 36.4 Å². The molecule has 4 saturated heterocycles. The topological polar surface area (TPSA) is 104 Å². The lowest BCUT2D eigenvalue weighted by molar-refractivity contribution is 0.102. The van der Waals surface area contributed by atoms with Gasteiger partial charge in [0.25, 0.3) is 0 Å². The summed E-state index contributed by atoms with van der Waals surface area (Å²) in [5, 5.41) is 0. The van der Waals surface area contributed by atoms with Crippen molar-refractivity contribution in [1.82, 2.24) is 0 Å². The van der Waals surface area contributed by atoms with Gasteiger partial charge in [-0.3, -0.25) is 4.79 Å². The van der Waals surface area contributed by atoms with Crippen molar-refractivity contribution in [3.63, 3.8) is 0 Å². The number of carbonyl (C=O) groups excluding carboxylic acids is 1. The van der Waals surface area contributed by atoms with Crippen molar-refractivity contribution in [2.75, 3.05) is 52.9 Å². The molecule has 9 nitrogen and oxygen atoms in total. The standard InChI is InChI=1S/C25H26O9/c26-25(21-3-1-15(27-7-17-9-29-17)5-23(21)33-13-19-11-31-19)22-4-2-16(28-8-18-10-30-18)6-24(22)34-14-20-12-32-20/h1-6,17-20H,7-14H2. The molecule has 2 aromatic rings. The largest absolute Gasteiger partial charge is 0.491 e. The molecule has 0 bridgehead atoms. The van der Waals surface area contributed by atoms with Crippen molar-refractivity contribution in [1.29, 1.82) is 0 Å². The van der Waals surface area contributed by atoms with Gasteiger partial charge >= 0.3 is 0 Å². The fraction of sp³-hybridized carbons (Fsp3) is 0.480. The van der Waals surface area contributed by atoms with Gasteiger partial charge in [0.05, 0.1) is 37.6 Å². The zero-order valence-electron chi connectivity index (χ0n) is 18.6. The summed E-state index contributed by atoms with van der Waals surface area (Å²) in [6.07, 6.45) is 0.370. The van der Waals surface area contributed by atoms with Crippen LogP contribution in [0.5, 0.6) is 23.0 Å². The summed E-state index contributed by atoms with van der Waals surface area (Å²) >= 11 is 0. The number of benzene rings is 2. The number of hydrogen-bond donors (Lipinski definition) is 0. The number of rotatable bonds is 14. The molecular weight excluding hydrogens is 444 g/mol. The lowest BCUT2D eigenvalue weighted by atomic mass is 10.0. The second-order valence-electron chi connectivity index (χ2n) is 8.71. The number of hydrogen-bond acceptors (Lipinski definition) is 9. The minimum absolute atomic E-state index is 0.0525. The maximum absolute atomic E-state index is 13.6. The maximum atomic E-state index is 13.6. The third-order valence-electron chi connectivity index (χ3n) is 5.73. The lowest BCUT2D eigenvalue weighted by Gasteiger charge is -2.16. The molecule has 0 aliphatic carbocycles. The highest BCUT2D eigenvalue weighted by Gasteiger charge is 2.28. The summed E-state index contributed by atoms with van der Waals surface area (Å²) in [6, 6.07) is 10.4. The molecule has 4 aliphatic heterocycles. The van der Waals surface area contributed by atoms with Gasteiger partial charge in [-0.15, -0.1) is 0 Å². The van der Waals surface area contributed by atoms with Crippen molar-refractivity contribution in [2.24, 2.45) is 0 Å². The highest BCUT2D eigenvalue weighted by Crippen LogP contribution is 2.33. The molecule has 180 valence electrons. The SMILES string of the molecule is O=C(c1ccc(OCC2CO2)cc1OCC1CO1)c1ccc(OCC2CO2)cc1OCC1CO1. The Labute approximate surface area is 196 Å². The van der Waals surface area contributed by atoms with Crippen LogP contribution < -0.4 is 18.9 Å². The Morgan fingerprint density at radius 1 is 0.618 bits per heavy atom. The predicted molar refractivity (Wildman–Crippen MR) is 117 cm³/mol. The maximum Gasteiger partial charge on any atom is 0.200 e. The second-order valence-corrected chi connectivity index (χ2v) is 8.71. The van der Waals surface area contributed by atoms with Crippen LogP contribution in [0.2, 0.25) is 0 Å². The van der Waals surface area contributed by atoms with Crippen LogP contribution in [-0.4, -0.2) is 83.1 Å². The normalized spacial score (nSPS) is 25.9. The van der Waals surface area contributed by atoms with E-state index in [-0.39, 0.29) is 30.2 Å². The van der Waals surface area contributed by atoms with E-state index in [4.69, 9.17) is 37.9 Å². The predicted octanol–water partition coefficient (Wildman–Crippen LogP) is 2.03. The highest BCUT2D eigenvalue weighted by molar-refractivity contribution is 6.12. The molecule has 0 N–H and O–H groups in total. The van der Waals surface area contributed by atoms with Crippen LogP contribution >= 0.6 is 0 Å². The van der Waals surface area contributed by atoms with Gasteiger partial charge in [-0.2, -0.15) is 0 Å². The van der Waals surface area contributed by atoms with Gasteiger partial charge in [-0.05, 0) is 24.3 Å². The van der Waals surface area contributed by atoms with Gasteiger partial charge in [-0.25, -0.2) is 0 Å². The van der Waals surface area contributed by atoms with Crippen LogP contribution in [0.1, 0.15) is 15.9 Å². The van der Waals surface area contributed by atoms with E-state index in [9.17, 15) is 4.79 Å². The van der Waals surface area contributed by atoms with Crippen molar-refractivity contribution in [3.05, 3.63) is 47.5 Å². The number of carbonyl (C=O) groups is 1. The molecule has 4 aliphatic rings. The molecule has 0 spiro atoms. The van der Waals surface area contributed by atoms with E-state index in [1.165, 1.54) is 0 Å². The van der Waals surface area contributed by atoms with Gasteiger partial charge in [0.15, 0.2) is 5.78 Å². The van der Waals surface area contributed by atoms with Gasteiger partial charge < -0.3 is 37.9 Å². The average molecular weight is 470 g/mol. The Balaban J connectivity index is 1.24. The van der Waals surface area contributed by atoms with Crippen LogP contribution in [0, 0.1) is 0 Å². The molecule has 34 heavy (non-hydrogen) atoms. The van der Waals surface area contributed by atoms with E-state index in [2.05, 4.69) is 0 Å². The highest BCUT2D eigenvalue weighted by atomic mass is 16.6. The number of ether oxygens (including phenoxy) is 8. The Hall–Kier alpha value is -2.85. The van der Waals surface area contributed by atoms with Crippen molar-refractivity contribution < 1.29 is 42.7 Å². The summed E-state index contributed by atoms with van der Waals surface area (Å²) in [4.78, 5) is 13.6. The van der Waals surface area contributed by atoms with Gasteiger partial charge in [0, 0.05) is 12.1 Å². The molecular formula is C25H26O9. The minimum Gasteiger partial charge on any atom is -0.491 e. The minimum atomic E-state index is -0.215. The summed E-state index contributed by atoms with van der Waals surface area (Å²) in [7, 11) is 0. The smallest absolute Gasteiger partial charge is 0.200 e. The van der Waals surface area contributed by atoms with Gasteiger partial charge in [0.1, 0.15) is 73.8 Å². The van der Waals surface area contributed by atoms with Gasteiger partial charge in [-0.1, -0.05) is 0 Å². The molecule has 4 atom stereocenters. The van der Waals surface area contributed by atoms with E-state index in [1.807, 2.05) is 0 Å². The molecule has 0 radical (unpaired) electrons. The molecule has 6 rings (SSSR count). The Morgan fingerprint density at radius 2 is 0.971 bits per heavy atom. The molecule has 4 heterocycles. The summed E-state index contributed by atoms with van der Waals surface area (Å²) < 4.78 is 44.4. The molecule has 4 fully saturated rings. The van der Waals surface area contributed by atoms with Crippen LogP contribution in [-0.2, 0) is 18.9 Å². The van der Waals surface area contributed by atoms with Crippen LogP contribution in [0.25, 0.3) is 0 Å². The summed E-state index contributed by atoms with van der Waals surface area (Å²) in [5.74, 6) is 1.90. The van der Waals surface area contributed by atoms with E-state index in [0.717, 1.165) is 0 Å². The van der Waals surface area contributed by atoms with Crippen molar-refractivity contribution in [2.45, 2.75) is 24.4 Å². The fourth-order valence-corrected chi connectivity index (χ4v) is 3.34. The molecule has 2 aromatic carbocycles. The second kappa shape index (κ2) is 9.42. The van der Waals surface area contributed by atoms with Crippen molar-refractivity contribution in [3.8, 4) is 23.0 Å². The van der Waals surface area contributed by atoms with Crippen LogP contribution in [0.3, 0.4) is 0 Å². The monoisotopic (exact) mass is 470 g/mol. The Bertz CT molecular complexity index is 957. The van der Waals surface area contributed by atoms with E-state index >= 15 is 0 Å². The molecule has 0 aromatic heterocycles. The third-order valence-corrected chi connectivity index (χ3v) is 5.73. The summed E-state index contributed by atoms with van der Waals surface area (Å²) in [6.45, 7) is 4.41. The van der Waals surface area contributed by atoms with Gasteiger partial charge in [0.2, 0.25) is 0 Å². The third kappa shape index (κ3) is 5.79. The summed E-state index contributed by atoms with van der Waals surface area (Å²) in [5.41, 5.74) is 0.839. The first-order valence-corrected chi connectivity index (χ1v) is 11.5. The molecule has 0 amide bonds. The molecule has 4 unspecified atom stereocenters. The van der Waals surface area contributed by atoms with E-state index in [0.29, 0.717) is 87.0 Å². The zero-order chi connectivity index (χ0) is 22.9. The van der Waals surface area contributed by atoms with E-state index < -0.39 is 0 Å². The molecule has 9 heteroatoms. The first-order chi connectivity index (χ1) is 16.7. The first kappa shape index (κ1) is 21.7. The lowest BCUT2D eigenvalue weighted by Crippen LogP contribution is -2.13.